The Balaban J connectivity index is 2.12. The number of hydrogen-bond acceptors (Lipinski definition) is 5. The Morgan fingerprint density at radius 2 is 2.07 bits per heavy atom. The van der Waals surface area contributed by atoms with Crippen LogP contribution in [0, 0.1) is 0 Å². The number of nitrogens with one attached hydrogen (secondary N) is 1. The first-order valence-electron chi connectivity index (χ1n) is 4.08. The third kappa shape index (κ3) is 1.94. The molecule has 0 saturated carbocycles. The predicted molar refractivity (Wildman–Crippen MR) is 58.1 cm³/mol. The van der Waals surface area contributed by atoms with Crippen molar-refractivity contribution in [2.24, 2.45) is 10.7 Å². The normalized spacial score (nSPS) is 25.4. The maximum atomic E-state index is 10.9. The van der Waals surface area contributed by atoms with Gasteiger partial charge in [0.25, 0.3) is 0 Å². The number of nitrogens with zero attached hydrogens (tertiary/aromatic N) is 1. The van der Waals surface area contributed by atoms with Crippen LogP contribution in [0.3, 0.4) is 0 Å². The van der Waals surface area contributed by atoms with Crippen LogP contribution in [0.15, 0.2) is 35.3 Å². The summed E-state index contributed by atoms with van der Waals surface area (Å²) in [6, 6.07) is 9.42. The highest BCUT2D eigenvalue weighted by Crippen LogP contribution is 2.27. The molecule has 1 heterocycles. The molecule has 1 aromatic carbocycles. The second-order valence-corrected chi connectivity index (χ2v) is 4.10. The Morgan fingerprint density at radius 3 is 2.64 bits per heavy atom. The van der Waals surface area contributed by atoms with E-state index < -0.39 is 5.12 Å². The Morgan fingerprint density at radius 1 is 1.36 bits per heavy atom. The molecular weight excluding hydrogens is 198 g/mol. The van der Waals surface area contributed by atoms with E-state index in [1.54, 1.807) is 0 Å². The van der Waals surface area contributed by atoms with Gasteiger partial charge in [-0.1, -0.05) is 18.2 Å². The van der Waals surface area contributed by atoms with Crippen LogP contribution in [0.1, 0.15) is 0 Å². The molecule has 5 heteroatoms. The lowest BCUT2D eigenvalue weighted by molar-refractivity contribution is -0.105. The van der Waals surface area contributed by atoms with Gasteiger partial charge in [0.2, 0.25) is 10.2 Å². The number of carbonyl (C=O) groups excluding carboxylic acids is 1. The van der Waals surface area contributed by atoms with Gasteiger partial charge in [0, 0.05) is 5.69 Å². The lowest BCUT2D eigenvalue weighted by atomic mass is 10.3. The molecule has 0 aromatic heterocycles. The minimum atomic E-state index is -1.04. The SMILES string of the molecule is NC1(Nc2ccccc2)N=CC(=O)S1. The van der Waals surface area contributed by atoms with Gasteiger partial charge in [0.05, 0.1) is 6.21 Å². The third-order valence-electron chi connectivity index (χ3n) is 1.72. The van der Waals surface area contributed by atoms with Crippen molar-refractivity contribution in [3.63, 3.8) is 0 Å². The molecule has 0 fully saturated rings. The maximum absolute atomic E-state index is 10.9. The fourth-order valence-corrected chi connectivity index (χ4v) is 1.83. The van der Waals surface area contributed by atoms with Crippen molar-refractivity contribution >= 4 is 28.8 Å². The van der Waals surface area contributed by atoms with E-state index in [9.17, 15) is 4.79 Å². The minimum Gasteiger partial charge on any atom is -0.340 e. The molecule has 1 unspecified atom stereocenters. The highest BCUT2D eigenvalue weighted by molar-refractivity contribution is 8.16. The summed E-state index contributed by atoms with van der Waals surface area (Å²) in [5.41, 5.74) is 6.66. The van der Waals surface area contributed by atoms with E-state index in [0.29, 0.717) is 0 Å². The van der Waals surface area contributed by atoms with Gasteiger partial charge in [-0.05, 0) is 23.9 Å². The number of para-hydroxylation sites is 1. The van der Waals surface area contributed by atoms with Crippen LogP contribution >= 0.6 is 11.8 Å². The van der Waals surface area contributed by atoms with Crippen molar-refractivity contribution in [2.75, 3.05) is 5.32 Å². The lowest BCUT2D eigenvalue weighted by Crippen LogP contribution is -2.40. The second-order valence-electron chi connectivity index (χ2n) is 2.87. The van der Waals surface area contributed by atoms with Gasteiger partial charge in [-0.25, -0.2) is 4.99 Å². The number of rotatable bonds is 2. The second kappa shape index (κ2) is 3.43. The molecule has 0 spiro atoms. The molecule has 2 rings (SSSR count). The number of thioether (sulfide) groups is 1. The molecule has 14 heavy (non-hydrogen) atoms. The summed E-state index contributed by atoms with van der Waals surface area (Å²) in [7, 11) is 0. The van der Waals surface area contributed by atoms with Gasteiger partial charge in [0.1, 0.15) is 0 Å². The Hall–Kier alpha value is -1.33. The van der Waals surface area contributed by atoms with E-state index in [1.807, 2.05) is 30.3 Å². The van der Waals surface area contributed by atoms with Crippen molar-refractivity contribution in [1.82, 2.24) is 0 Å². The van der Waals surface area contributed by atoms with Gasteiger partial charge < -0.3 is 5.32 Å². The molecule has 0 radical (unpaired) electrons. The quantitative estimate of drug-likeness (QED) is 0.710. The van der Waals surface area contributed by atoms with Gasteiger partial charge in [0.15, 0.2) is 0 Å². The number of benzene rings is 1. The molecule has 4 nitrogen and oxygen atoms in total. The Kier molecular flexibility index (Phi) is 2.26. The van der Waals surface area contributed by atoms with E-state index >= 15 is 0 Å². The van der Waals surface area contributed by atoms with Crippen LogP contribution in [-0.2, 0) is 4.79 Å². The van der Waals surface area contributed by atoms with Crippen molar-refractivity contribution < 1.29 is 4.79 Å². The molecule has 0 saturated heterocycles. The summed E-state index contributed by atoms with van der Waals surface area (Å²) < 4.78 is 0. The fourth-order valence-electron chi connectivity index (χ4n) is 1.14. The zero-order valence-electron chi connectivity index (χ0n) is 7.31. The van der Waals surface area contributed by atoms with Crippen molar-refractivity contribution in [2.45, 2.75) is 5.12 Å². The minimum absolute atomic E-state index is 0.129. The molecule has 3 N–H and O–H groups in total. The summed E-state index contributed by atoms with van der Waals surface area (Å²) >= 11 is 0.968. The van der Waals surface area contributed by atoms with Crippen LogP contribution in [0.2, 0.25) is 0 Å². The van der Waals surface area contributed by atoms with Crippen LogP contribution < -0.4 is 11.1 Å². The number of nitrogens with two attached hydrogens (primary N) is 1. The zero-order chi connectivity index (χ0) is 10.0. The smallest absolute Gasteiger partial charge is 0.240 e. The van der Waals surface area contributed by atoms with E-state index in [4.69, 9.17) is 5.73 Å². The zero-order valence-corrected chi connectivity index (χ0v) is 8.12. The number of anilines is 1. The molecule has 1 aromatic rings. The van der Waals surface area contributed by atoms with Crippen molar-refractivity contribution in [3.8, 4) is 0 Å². The van der Waals surface area contributed by atoms with Gasteiger partial charge >= 0.3 is 0 Å². The first-order valence-corrected chi connectivity index (χ1v) is 4.90. The number of carbonyl (C=O) groups is 1. The first-order chi connectivity index (χ1) is 6.68. The average molecular weight is 207 g/mol. The van der Waals surface area contributed by atoms with Crippen LogP contribution in [-0.4, -0.2) is 16.4 Å². The number of hydrogen-bond donors (Lipinski definition) is 2. The summed E-state index contributed by atoms with van der Waals surface area (Å²) in [4.78, 5) is 14.8. The van der Waals surface area contributed by atoms with Crippen molar-refractivity contribution in [3.05, 3.63) is 30.3 Å². The molecule has 1 aliphatic heterocycles. The summed E-state index contributed by atoms with van der Waals surface area (Å²) in [6.45, 7) is 0. The van der Waals surface area contributed by atoms with Crippen LogP contribution in [0.4, 0.5) is 5.69 Å². The topological polar surface area (TPSA) is 67.5 Å². The summed E-state index contributed by atoms with van der Waals surface area (Å²) in [5, 5.41) is 1.80. The van der Waals surface area contributed by atoms with E-state index in [0.717, 1.165) is 17.4 Å². The molecule has 0 bridgehead atoms. The van der Waals surface area contributed by atoms with Crippen LogP contribution in [0.5, 0.6) is 0 Å². The molecule has 1 atom stereocenters. The number of aliphatic imine (C=N–C) groups is 1. The lowest BCUT2D eigenvalue weighted by Gasteiger charge is -2.21. The van der Waals surface area contributed by atoms with E-state index in [-0.39, 0.29) is 5.12 Å². The Labute approximate surface area is 85.6 Å². The van der Waals surface area contributed by atoms with E-state index in [1.165, 1.54) is 6.21 Å². The van der Waals surface area contributed by atoms with E-state index in [2.05, 4.69) is 10.3 Å². The maximum Gasteiger partial charge on any atom is 0.240 e. The molecule has 0 aliphatic carbocycles. The van der Waals surface area contributed by atoms with Gasteiger partial charge in [-0.15, -0.1) is 0 Å². The first kappa shape index (κ1) is 9.23. The highest BCUT2D eigenvalue weighted by atomic mass is 32.2. The monoisotopic (exact) mass is 207 g/mol. The summed E-state index contributed by atoms with van der Waals surface area (Å²) in [6.07, 6.45) is 1.24. The standard InChI is InChI=1S/C9H9N3OS/c10-9(11-6-8(13)14-9)12-7-4-2-1-3-5-7/h1-6,12H,10H2. The van der Waals surface area contributed by atoms with Crippen molar-refractivity contribution in [1.29, 1.82) is 0 Å². The molecule has 0 amide bonds. The highest BCUT2D eigenvalue weighted by Gasteiger charge is 2.32. The fraction of sp³-hybridized carbons (Fsp3) is 0.111. The molecular formula is C9H9N3OS. The predicted octanol–water partition coefficient (Wildman–Crippen LogP) is 1.01. The summed E-state index contributed by atoms with van der Waals surface area (Å²) in [5.74, 6) is 0. The average Bonchev–Trinajstić information content (AvgIpc) is 2.47. The molecule has 1 aliphatic rings. The van der Waals surface area contributed by atoms with Crippen LogP contribution in [0.25, 0.3) is 0 Å². The third-order valence-corrected chi connectivity index (χ3v) is 2.54. The van der Waals surface area contributed by atoms with Gasteiger partial charge in [-0.2, -0.15) is 0 Å². The Bertz CT molecular complexity index is 379. The van der Waals surface area contributed by atoms with Gasteiger partial charge in [-0.3, -0.25) is 10.5 Å². The molecule has 72 valence electrons. The largest absolute Gasteiger partial charge is 0.340 e.